The molecule has 0 aliphatic heterocycles. The molecule has 0 aliphatic carbocycles. The van der Waals surface area contributed by atoms with Crippen LogP contribution in [0.15, 0.2) is 54.7 Å². The molecule has 0 saturated heterocycles. The topological polar surface area (TPSA) is 94.7 Å². The Hall–Kier alpha value is -3.39. The predicted molar refractivity (Wildman–Crippen MR) is 134 cm³/mol. The number of H-pyrrole nitrogens is 1. The molecule has 3 N–H and O–H groups in total. The van der Waals surface area contributed by atoms with E-state index >= 15 is 0 Å². The standard InChI is InChI=1S/C27H34FN3O4/c1-18(19-9-11-21(28)12-10-19)31(26(34)35-27(2,3)4)14-13-29-22(16-25(32)33)15-20-17-30-24-8-6-5-7-23(20)24/h5-12,17-18,22,29-30H,13-16H2,1-4H3,(H,32,33)/t18?,22-/m1/s1. The van der Waals surface area contributed by atoms with Crippen molar-refractivity contribution in [3.63, 3.8) is 0 Å². The average Bonchev–Trinajstić information content (AvgIpc) is 3.18. The van der Waals surface area contributed by atoms with E-state index in [9.17, 15) is 19.1 Å². The fourth-order valence-corrected chi connectivity index (χ4v) is 4.07. The number of carboxylic acids is 1. The molecule has 7 nitrogen and oxygen atoms in total. The number of fused-ring (bicyclic) bond motifs is 1. The van der Waals surface area contributed by atoms with Gasteiger partial charge < -0.3 is 25.0 Å². The summed E-state index contributed by atoms with van der Waals surface area (Å²) < 4.78 is 19.0. The smallest absolute Gasteiger partial charge is 0.410 e. The fraction of sp³-hybridized carbons (Fsp3) is 0.407. The SMILES string of the molecule is CC(c1ccc(F)cc1)N(CCN[C@@H](CC(=O)O)Cc1c[nH]c2ccccc12)C(=O)OC(C)(C)C. The van der Waals surface area contributed by atoms with Crippen LogP contribution in [0.25, 0.3) is 10.9 Å². The quantitative estimate of drug-likeness (QED) is 0.365. The van der Waals surface area contributed by atoms with Crippen molar-refractivity contribution < 1.29 is 23.8 Å². The van der Waals surface area contributed by atoms with Crippen LogP contribution in [0.2, 0.25) is 0 Å². The van der Waals surface area contributed by atoms with Gasteiger partial charge in [-0.2, -0.15) is 0 Å². The van der Waals surface area contributed by atoms with Gasteiger partial charge in [-0.25, -0.2) is 9.18 Å². The van der Waals surface area contributed by atoms with Crippen LogP contribution in [0.3, 0.4) is 0 Å². The van der Waals surface area contributed by atoms with Crippen molar-refractivity contribution in [2.24, 2.45) is 0 Å². The van der Waals surface area contributed by atoms with Crippen molar-refractivity contribution >= 4 is 23.0 Å². The summed E-state index contributed by atoms with van der Waals surface area (Å²) in [6.45, 7) is 7.91. The van der Waals surface area contributed by atoms with E-state index in [1.54, 1.807) is 37.8 Å². The molecule has 3 rings (SSSR count). The highest BCUT2D eigenvalue weighted by atomic mass is 19.1. The number of hydrogen-bond acceptors (Lipinski definition) is 4. The van der Waals surface area contributed by atoms with Gasteiger partial charge >= 0.3 is 12.1 Å². The van der Waals surface area contributed by atoms with E-state index in [1.807, 2.05) is 37.4 Å². The summed E-state index contributed by atoms with van der Waals surface area (Å²) in [7, 11) is 0. The average molecular weight is 484 g/mol. The molecule has 1 heterocycles. The number of aliphatic carboxylic acids is 1. The van der Waals surface area contributed by atoms with Gasteiger partial charge in [0.1, 0.15) is 11.4 Å². The number of aromatic amines is 1. The Balaban J connectivity index is 1.72. The number of rotatable bonds is 10. The molecular formula is C27H34FN3O4. The molecule has 35 heavy (non-hydrogen) atoms. The highest BCUT2D eigenvalue weighted by Crippen LogP contribution is 2.23. The van der Waals surface area contributed by atoms with Gasteiger partial charge in [0, 0.05) is 36.2 Å². The van der Waals surface area contributed by atoms with E-state index in [2.05, 4.69) is 10.3 Å². The lowest BCUT2D eigenvalue weighted by atomic mass is 10.0. The molecule has 3 aromatic rings. The Kier molecular flexibility index (Phi) is 8.51. The molecule has 0 saturated carbocycles. The lowest BCUT2D eigenvalue weighted by molar-refractivity contribution is -0.137. The minimum absolute atomic E-state index is 0.0561. The largest absolute Gasteiger partial charge is 0.481 e. The van der Waals surface area contributed by atoms with E-state index in [1.165, 1.54) is 12.1 Å². The summed E-state index contributed by atoms with van der Waals surface area (Å²) in [5, 5.41) is 13.8. The molecule has 8 heteroatoms. The Morgan fingerprint density at radius 2 is 1.83 bits per heavy atom. The van der Waals surface area contributed by atoms with Crippen LogP contribution >= 0.6 is 0 Å². The van der Waals surface area contributed by atoms with E-state index in [4.69, 9.17) is 4.74 Å². The van der Waals surface area contributed by atoms with Crippen LogP contribution in [-0.2, 0) is 16.0 Å². The number of amides is 1. The van der Waals surface area contributed by atoms with Crippen LogP contribution in [0, 0.1) is 5.82 Å². The van der Waals surface area contributed by atoms with Crippen molar-refractivity contribution in [2.45, 2.75) is 58.2 Å². The second kappa shape index (κ2) is 11.4. The van der Waals surface area contributed by atoms with Crippen molar-refractivity contribution in [1.82, 2.24) is 15.2 Å². The van der Waals surface area contributed by atoms with Crippen LogP contribution in [0.4, 0.5) is 9.18 Å². The molecule has 0 fully saturated rings. The molecular weight excluding hydrogens is 449 g/mol. The summed E-state index contributed by atoms with van der Waals surface area (Å²) in [5.41, 5.74) is 2.13. The first-order chi connectivity index (χ1) is 16.5. The van der Waals surface area contributed by atoms with E-state index < -0.39 is 17.7 Å². The Morgan fingerprint density at radius 3 is 2.49 bits per heavy atom. The van der Waals surface area contributed by atoms with E-state index in [-0.39, 0.29) is 30.9 Å². The third-order valence-electron chi connectivity index (χ3n) is 5.80. The molecule has 0 spiro atoms. The molecule has 1 aromatic heterocycles. The fourth-order valence-electron chi connectivity index (χ4n) is 4.07. The van der Waals surface area contributed by atoms with E-state index in [0.717, 1.165) is 22.0 Å². The van der Waals surface area contributed by atoms with Gasteiger partial charge in [0.2, 0.25) is 0 Å². The molecule has 0 bridgehead atoms. The Bertz CT molecular complexity index is 1140. The predicted octanol–water partition coefficient (Wildman–Crippen LogP) is 5.28. The summed E-state index contributed by atoms with van der Waals surface area (Å²) >= 11 is 0. The first-order valence-electron chi connectivity index (χ1n) is 11.8. The second-order valence-electron chi connectivity index (χ2n) is 9.71. The Labute approximate surface area is 205 Å². The van der Waals surface area contributed by atoms with Crippen LogP contribution in [-0.4, -0.2) is 51.8 Å². The number of hydrogen-bond donors (Lipinski definition) is 3. The van der Waals surface area contributed by atoms with Gasteiger partial charge in [0.25, 0.3) is 0 Å². The minimum Gasteiger partial charge on any atom is -0.481 e. The van der Waals surface area contributed by atoms with Gasteiger partial charge in [-0.3, -0.25) is 4.79 Å². The number of benzene rings is 2. The second-order valence-corrected chi connectivity index (χ2v) is 9.71. The molecule has 1 amide bonds. The number of nitrogens with one attached hydrogen (secondary N) is 2. The number of para-hydroxylation sites is 1. The zero-order valence-electron chi connectivity index (χ0n) is 20.7. The van der Waals surface area contributed by atoms with Crippen molar-refractivity contribution in [1.29, 1.82) is 0 Å². The number of aromatic nitrogens is 1. The lowest BCUT2D eigenvalue weighted by Gasteiger charge is -2.32. The highest BCUT2D eigenvalue weighted by molar-refractivity contribution is 5.83. The summed E-state index contributed by atoms with van der Waals surface area (Å²) in [6, 6.07) is 13.2. The van der Waals surface area contributed by atoms with Gasteiger partial charge in [0.05, 0.1) is 12.5 Å². The zero-order valence-corrected chi connectivity index (χ0v) is 20.7. The maximum absolute atomic E-state index is 13.4. The highest BCUT2D eigenvalue weighted by Gasteiger charge is 2.27. The maximum Gasteiger partial charge on any atom is 0.410 e. The van der Waals surface area contributed by atoms with Gasteiger partial charge in [0.15, 0.2) is 0 Å². The van der Waals surface area contributed by atoms with Gasteiger partial charge in [-0.05, 0) is 63.4 Å². The van der Waals surface area contributed by atoms with E-state index in [0.29, 0.717) is 13.0 Å². The Morgan fingerprint density at radius 1 is 1.14 bits per heavy atom. The number of carbonyl (C=O) groups is 2. The third-order valence-corrected chi connectivity index (χ3v) is 5.80. The molecule has 188 valence electrons. The first-order valence-corrected chi connectivity index (χ1v) is 11.8. The zero-order chi connectivity index (χ0) is 25.6. The summed E-state index contributed by atoms with van der Waals surface area (Å²) in [5.74, 6) is -1.24. The maximum atomic E-state index is 13.4. The molecule has 2 aromatic carbocycles. The number of carbonyl (C=O) groups excluding carboxylic acids is 1. The number of carboxylic acid groups (broad SMARTS) is 1. The third kappa shape index (κ3) is 7.55. The lowest BCUT2D eigenvalue weighted by Crippen LogP contribution is -2.44. The first kappa shape index (κ1) is 26.2. The van der Waals surface area contributed by atoms with Crippen LogP contribution in [0.5, 0.6) is 0 Å². The van der Waals surface area contributed by atoms with Crippen LogP contribution in [0.1, 0.15) is 51.3 Å². The van der Waals surface area contributed by atoms with Gasteiger partial charge in [-0.1, -0.05) is 30.3 Å². The van der Waals surface area contributed by atoms with Crippen molar-refractivity contribution in [2.75, 3.05) is 13.1 Å². The minimum atomic E-state index is -0.897. The normalized spacial score (nSPS) is 13.4. The number of nitrogens with zero attached hydrogens (tertiary/aromatic N) is 1. The number of ether oxygens (including phenoxy) is 1. The van der Waals surface area contributed by atoms with Crippen LogP contribution < -0.4 is 5.32 Å². The van der Waals surface area contributed by atoms with Gasteiger partial charge in [-0.15, -0.1) is 0 Å². The monoisotopic (exact) mass is 483 g/mol. The molecule has 2 atom stereocenters. The molecule has 0 aliphatic rings. The van der Waals surface area contributed by atoms with Crippen molar-refractivity contribution in [3.05, 3.63) is 71.7 Å². The molecule has 1 unspecified atom stereocenters. The summed E-state index contributed by atoms with van der Waals surface area (Å²) in [4.78, 5) is 29.3. The summed E-state index contributed by atoms with van der Waals surface area (Å²) in [6.07, 6.45) is 1.89. The van der Waals surface area contributed by atoms with Crippen molar-refractivity contribution in [3.8, 4) is 0 Å². The molecule has 0 radical (unpaired) electrons. The number of halogens is 1.